The molecule has 30 heavy (non-hydrogen) atoms. The number of amides is 1. The maximum atomic E-state index is 12.4. The van der Waals surface area contributed by atoms with Gasteiger partial charge in [0.25, 0.3) is 11.6 Å². The molecule has 9 heteroatoms. The van der Waals surface area contributed by atoms with Gasteiger partial charge >= 0.3 is 5.97 Å². The van der Waals surface area contributed by atoms with Crippen LogP contribution < -0.4 is 14.8 Å². The first-order valence-electron chi connectivity index (χ1n) is 9.28. The van der Waals surface area contributed by atoms with Gasteiger partial charge in [-0.1, -0.05) is 13.8 Å². The van der Waals surface area contributed by atoms with Crippen molar-refractivity contribution in [2.24, 2.45) is 5.92 Å². The zero-order valence-corrected chi connectivity index (χ0v) is 17.2. The number of hydrogen-bond acceptors (Lipinski definition) is 7. The minimum Gasteiger partial charge on any atom is -0.494 e. The van der Waals surface area contributed by atoms with Crippen LogP contribution in [0.3, 0.4) is 0 Å². The highest BCUT2D eigenvalue weighted by molar-refractivity contribution is 5.98. The molecule has 2 aromatic rings. The largest absolute Gasteiger partial charge is 0.494 e. The van der Waals surface area contributed by atoms with Crippen LogP contribution in [0.2, 0.25) is 0 Å². The highest BCUT2D eigenvalue weighted by atomic mass is 16.6. The van der Waals surface area contributed by atoms with E-state index in [2.05, 4.69) is 5.32 Å². The molecule has 1 atom stereocenters. The van der Waals surface area contributed by atoms with Crippen molar-refractivity contribution < 1.29 is 28.7 Å². The Morgan fingerprint density at radius 3 is 2.33 bits per heavy atom. The van der Waals surface area contributed by atoms with Gasteiger partial charge in [0.05, 0.1) is 36.0 Å². The molecule has 0 aromatic heterocycles. The first kappa shape index (κ1) is 22.7. The predicted molar refractivity (Wildman–Crippen MR) is 110 cm³/mol. The number of nitrogens with one attached hydrogen (secondary N) is 1. The van der Waals surface area contributed by atoms with E-state index in [-0.39, 0.29) is 22.7 Å². The van der Waals surface area contributed by atoms with Crippen LogP contribution in [0.4, 0.5) is 11.4 Å². The number of nitrogens with zero attached hydrogens (tertiary/aromatic N) is 1. The maximum Gasteiger partial charge on any atom is 0.338 e. The first-order valence-corrected chi connectivity index (χ1v) is 9.28. The maximum absolute atomic E-state index is 12.4. The summed E-state index contributed by atoms with van der Waals surface area (Å²) in [5.41, 5.74) is 0.326. The average Bonchev–Trinajstić information content (AvgIpc) is 2.72. The molecule has 0 aliphatic heterocycles. The van der Waals surface area contributed by atoms with E-state index in [1.807, 2.05) is 13.8 Å². The number of esters is 1. The number of methoxy groups -OCH3 is 1. The Bertz CT molecular complexity index is 910. The molecular weight excluding hydrogens is 392 g/mol. The fourth-order valence-electron chi connectivity index (χ4n) is 2.36. The van der Waals surface area contributed by atoms with E-state index in [0.29, 0.717) is 18.3 Å². The highest BCUT2D eigenvalue weighted by Crippen LogP contribution is 2.29. The molecule has 0 unspecified atom stereocenters. The molecule has 0 aliphatic carbocycles. The van der Waals surface area contributed by atoms with Crippen molar-refractivity contribution in [3.05, 3.63) is 58.1 Å². The van der Waals surface area contributed by atoms with Gasteiger partial charge in [-0.2, -0.15) is 0 Å². The quantitative estimate of drug-likeness (QED) is 0.375. The van der Waals surface area contributed by atoms with E-state index in [1.54, 1.807) is 24.3 Å². The Hall–Kier alpha value is -3.62. The van der Waals surface area contributed by atoms with Gasteiger partial charge in [-0.15, -0.1) is 0 Å². The number of non-ortho nitro benzene ring substituents is 1. The Labute approximate surface area is 174 Å². The summed E-state index contributed by atoms with van der Waals surface area (Å²) < 4.78 is 15.8. The zero-order valence-electron chi connectivity index (χ0n) is 17.2. The number of carbonyl (C=O) groups is 2. The lowest BCUT2D eigenvalue weighted by atomic mass is 10.2. The van der Waals surface area contributed by atoms with Gasteiger partial charge in [0, 0.05) is 6.07 Å². The van der Waals surface area contributed by atoms with Crippen LogP contribution in [-0.4, -0.2) is 36.6 Å². The number of hydrogen-bond donors (Lipinski definition) is 1. The molecule has 0 saturated heterocycles. The van der Waals surface area contributed by atoms with Crippen LogP contribution in [0.25, 0.3) is 0 Å². The highest BCUT2D eigenvalue weighted by Gasteiger charge is 2.21. The van der Waals surface area contributed by atoms with Crippen LogP contribution in [0.1, 0.15) is 31.1 Å². The van der Waals surface area contributed by atoms with E-state index >= 15 is 0 Å². The summed E-state index contributed by atoms with van der Waals surface area (Å²) in [5, 5.41) is 13.4. The number of rotatable bonds is 9. The van der Waals surface area contributed by atoms with Crippen molar-refractivity contribution in [1.29, 1.82) is 0 Å². The van der Waals surface area contributed by atoms with Crippen molar-refractivity contribution in [2.75, 3.05) is 19.0 Å². The van der Waals surface area contributed by atoms with E-state index in [9.17, 15) is 19.7 Å². The van der Waals surface area contributed by atoms with Gasteiger partial charge in [0.15, 0.2) is 6.10 Å². The van der Waals surface area contributed by atoms with Crippen LogP contribution in [0, 0.1) is 16.0 Å². The lowest BCUT2D eigenvalue weighted by Crippen LogP contribution is -2.30. The molecule has 0 bridgehead atoms. The van der Waals surface area contributed by atoms with Crippen molar-refractivity contribution in [3.8, 4) is 11.5 Å². The summed E-state index contributed by atoms with van der Waals surface area (Å²) in [5.74, 6) is -0.135. The molecule has 9 nitrogen and oxygen atoms in total. The normalized spacial score (nSPS) is 11.5. The molecule has 1 N–H and O–H groups in total. The van der Waals surface area contributed by atoms with Crippen molar-refractivity contribution in [3.63, 3.8) is 0 Å². The van der Waals surface area contributed by atoms with E-state index in [0.717, 1.165) is 0 Å². The van der Waals surface area contributed by atoms with Crippen LogP contribution in [-0.2, 0) is 9.53 Å². The van der Waals surface area contributed by atoms with Gasteiger partial charge in [-0.3, -0.25) is 14.9 Å². The summed E-state index contributed by atoms with van der Waals surface area (Å²) in [7, 11) is 1.33. The van der Waals surface area contributed by atoms with E-state index < -0.39 is 22.9 Å². The van der Waals surface area contributed by atoms with Crippen molar-refractivity contribution >= 4 is 23.3 Å². The Morgan fingerprint density at radius 1 is 1.10 bits per heavy atom. The molecule has 2 aromatic carbocycles. The molecule has 0 saturated carbocycles. The summed E-state index contributed by atoms with van der Waals surface area (Å²) >= 11 is 0. The number of nitro groups is 1. The molecule has 0 heterocycles. The second kappa shape index (κ2) is 10.2. The molecule has 0 aliphatic rings. The van der Waals surface area contributed by atoms with Crippen LogP contribution in [0.15, 0.2) is 42.5 Å². The second-order valence-corrected chi connectivity index (χ2v) is 6.91. The minimum absolute atomic E-state index is 0.119. The third kappa shape index (κ3) is 6.20. The van der Waals surface area contributed by atoms with Gasteiger partial charge in [0.2, 0.25) is 0 Å². The minimum atomic E-state index is -1.10. The molecule has 160 valence electrons. The first-order chi connectivity index (χ1) is 14.2. The SMILES string of the molecule is COc1cc([N+](=O)[O-])ccc1NC(=O)[C@@H](C)OC(=O)c1ccc(OCC(C)C)cc1. The fourth-order valence-corrected chi connectivity index (χ4v) is 2.36. The van der Waals surface area contributed by atoms with Gasteiger partial charge < -0.3 is 19.5 Å². The third-order valence-corrected chi connectivity index (χ3v) is 3.98. The third-order valence-electron chi connectivity index (χ3n) is 3.98. The fraction of sp³-hybridized carbons (Fsp3) is 0.333. The molecular formula is C21H24N2O7. The average molecular weight is 416 g/mol. The number of benzene rings is 2. The molecule has 0 radical (unpaired) electrons. The van der Waals surface area contributed by atoms with Crippen LogP contribution in [0.5, 0.6) is 11.5 Å². The topological polar surface area (TPSA) is 117 Å². The van der Waals surface area contributed by atoms with E-state index in [1.165, 1.54) is 32.2 Å². The molecule has 0 fully saturated rings. The van der Waals surface area contributed by atoms with Crippen molar-refractivity contribution in [2.45, 2.75) is 26.9 Å². The zero-order chi connectivity index (χ0) is 22.3. The summed E-state index contributed by atoms with van der Waals surface area (Å²) in [6.07, 6.45) is -1.10. The summed E-state index contributed by atoms with van der Waals surface area (Å²) in [6, 6.07) is 10.2. The van der Waals surface area contributed by atoms with Gasteiger partial charge in [0.1, 0.15) is 11.5 Å². The lowest BCUT2D eigenvalue weighted by molar-refractivity contribution is -0.384. The van der Waals surface area contributed by atoms with Gasteiger partial charge in [-0.05, 0) is 43.2 Å². The summed E-state index contributed by atoms with van der Waals surface area (Å²) in [4.78, 5) is 34.9. The smallest absolute Gasteiger partial charge is 0.338 e. The number of nitro benzene ring substituents is 1. The molecule has 1 amide bonds. The monoisotopic (exact) mass is 416 g/mol. The summed E-state index contributed by atoms with van der Waals surface area (Å²) in [6.45, 7) is 6.05. The van der Waals surface area contributed by atoms with Gasteiger partial charge in [-0.25, -0.2) is 4.79 Å². The Kier molecular flexibility index (Phi) is 7.74. The predicted octanol–water partition coefficient (Wildman–Crippen LogP) is 3.82. The standard InChI is InChI=1S/C21H24N2O7/c1-13(2)12-29-17-8-5-15(6-9-17)21(25)30-14(3)20(24)22-18-10-7-16(23(26)27)11-19(18)28-4/h5-11,13-14H,12H2,1-4H3,(H,22,24)/t14-/m1/s1. The van der Waals surface area contributed by atoms with E-state index in [4.69, 9.17) is 14.2 Å². The lowest BCUT2D eigenvalue weighted by Gasteiger charge is -2.15. The molecule has 2 rings (SSSR count). The van der Waals surface area contributed by atoms with Crippen LogP contribution >= 0.6 is 0 Å². The second-order valence-electron chi connectivity index (χ2n) is 6.91. The number of anilines is 1. The Morgan fingerprint density at radius 2 is 1.77 bits per heavy atom. The molecule has 0 spiro atoms. The Balaban J connectivity index is 1.98. The van der Waals surface area contributed by atoms with Crippen molar-refractivity contribution in [1.82, 2.24) is 0 Å². The number of ether oxygens (including phenoxy) is 3. The number of carbonyl (C=O) groups excluding carboxylic acids is 2.